The van der Waals surface area contributed by atoms with Crippen molar-refractivity contribution in [1.29, 1.82) is 0 Å². The fourth-order valence-corrected chi connectivity index (χ4v) is 2.53. The molecule has 106 valence electrons. The fourth-order valence-electron chi connectivity index (χ4n) is 2.53. The maximum absolute atomic E-state index is 4.52. The lowest BCUT2D eigenvalue weighted by atomic mass is 10.0. The molecule has 0 amide bonds. The summed E-state index contributed by atoms with van der Waals surface area (Å²) in [6.45, 7) is 6.53. The standard InChI is InChI=1S/C19H20N2/c1-14(2)16-7-9-18(10-8-16)21-12-11-20-19(21)17-6-4-5-15(3)13-17/h4-14H,1-3H3. The second-order valence-corrected chi connectivity index (χ2v) is 5.74. The molecule has 0 radical (unpaired) electrons. The molecule has 0 spiro atoms. The summed E-state index contributed by atoms with van der Waals surface area (Å²) in [6.07, 6.45) is 3.87. The number of hydrogen-bond acceptors (Lipinski definition) is 1. The maximum atomic E-state index is 4.52. The van der Waals surface area contributed by atoms with Crippen molar-refractivity contribution in [2.75, 3.05) is 0 Å². The summed E-state index contributed by atoms with van der Waals surface area (Å²) in [5, 5.41) is 0. The molecule has 0 aliphatic carbocycles. The van der Waals surface area contributed by atoms with Gasteiger partial charge in [-0.25, -0.2) is 4.98 Å². The summed E-state index contributed by atoms with van der Waals surface area (Å²) in [5.41, 5.74) is 4.90. The quantitative estimate of drug-likeness (QED) is 0.660. The average molecular weight is 276 g/mol. The zero-order valence-electron chi connectivity index (χ0n) is 12.7. The molecule has 1 heterocycles. The number of benzene rings is 2. The summed E-state index contributed by atoms with van der Waals surface area (Å²) in [4.78, 5) is 4.52. The lowest BCUT2D eigenvalue weighted by Gasteiger charge is -2.11. The van der Waals surface area contributed by atoms with E-state index in [0.717, 1.165) is 17.1 Å². The molecule has 3 aromatic rings. The SMILES string of the molecule is Cc1cccc(-c2nccn2-c2ccc(C(C)C)cc2)c1. The van der Waals surface area contributed by atoms with Gasteiger partial charge in [-0.1, -0.05) is 49.7 Å². The van der Waals surface area contributed by atoms with Crippen LogP contribution in [0.15, 0.2) is 60.9 Å². The summed E-state index contributed by atoms with van der Waals surface area (Å²) >= 11 is 0. The number of aromatic nitrogens is 2. The Morgan fingerprint density at radius 1 is 1.00 bits per heavy atom. The minimum Gasteiger partial charge on any atom is -0.300 e. The monoisotopic (exact) mass is 276 g/mol. The van der Waals surface area contributed by atoms with E-state index in [9.17, 15) is 0 Å². The van der Waals surface area contributed by atoms with E-state index in [1.54, 1.807) is 0 Å². The molecule has 2 nitrogen and oxygen atoms in total. The summed E-state index contributed by atoms with van der Waals surface area (Å²) in [5.74, 6) is 1.54. The van der Waals surface area contributed by atoms with Crippen molar-refractivity contribution in [2.24, 2.45) is 0 Å². The predicted octanol–water partition coefficient (Wildman–Crippen LogP) is 4.97. The molecule has 21 heavy (non-hydrogen) atoms. The molecule has 0 fully saturated rings. The number of imidazole rings is 1. The highest BCUT2D eigenvalue weighted by atomic mass is 15.1. The molecule has 0 bridgehead atoms. The minimum atomic E-state index is 0.554. The van der Waals surface area contributed by atoms with Gasteiger partial charge in [0.05, 0.1) is 0 Å². The van der Waals surface area contributed by atoms with Crippen LogP contribution in [0.1, 0.15) is 30.9 Å². The van der Waals surface area contributed by atoms with Crippen molar-refractivity contribution < 1.29 is 0 Å². The molecule has 1 aromatic heterocycles. The molecule has 0 saturated heterocycles. The summed E-state index contributed by atoms with van der Waals surface area (Å²) < 4.78 is 2.14. The van der Waals surface area contributed by atoms with Crippen LogP contribution in [-0.4, -0.2) is 9.55 Å². The zero-order valence-corrected chi connectivity index (χ0v) is 12.7. The Morgan fingerprint density at radius 2 is 1.76 bits per heavy atom. The Labute approximate surface area is 126 Å². The van der Waals surface area contributed by atoms with Crippen LogP contribution < -0.4 is 0 Å². The number of rotatable bonds is 3. The molecule has 0 saturated carbocycles. The van der Waals surface area contributed by atoms with Crippen LogP contribution in [0.4, 0.5) is 0 Å². The zero-order chi connectivity index (χ0) is 14.8. The normalized spacial score (nSPS) is 11.0. The highest BCUT2D eigenvalue weighted by Crippen LogP contribution is 2.23. The van der Waals surface area contributed by atoms with Crippen LogP contribution in [0.5, 0.6) is 0 Å². The molecule has 2 aromatic carbocycles. The van der Waals surface area contributed by atoms with Gasteiger partial charge in [-0.15, -0.1) is 0 Å². The second-order valence-electron chi connectivity index (χ2n) is 5.74. The van der Waals surface area contributed by atoms with Gasteiger partial charge < -0.3 is 0 Å². The van der Waals surface area contributed by atoms with E-state index in [-0.39, 0.29) is 0 Å². The van der Waals surface area contributed by atoms with Gasteiger partial charge in [-0.05, 0) is 36.6 Å². The third-order valence-electron chi connectivity index (χ3n) is 3.75. The van der Waals surface area contributed by atoms with E-state index in [1.165, 1.54) is 11.1 Å². The van der Waals surface area contributed by atoms with E-state index in [1.807, 2.05) is 12.4 Å². The Morgan fingerprint density at radius 3 is 2.43 bits per heavy atom. The lowest BCUT2D eigenvalue weighted by molar-refractivity contribution is 0.865. The maximum Gasteiger partial charge on any atom is 0.144 e. The van der Waals surface area contributed by atoms with E-state index in [0.29, 0.717) is 5.92 Å². The van der Waals surface area contributed by atoms with Crippen molar-refractivity contribution in [1.82, 2.24) is 9.55 Å². The van der Waals surface area contributed by atoms with Crippen molar-refractivity contribution in [2.45, 2.75) is 26.7 Å². The van der Waals surface area contributed by atoms with Crippen LogP contribution in [0.25, 0.3) is 17.1 Å². The first-order valence-corrected chi connectivity index (χ1v) is 7.36. The first kappa shape index (κ1) is 13.6. The van der Waals surface area contributed by atoms with Gasteiger partial charge in [0.1, 0.15) is 5.82 Å². The first-order valence-electron chi connectivity index (χ1n) is 7.36. The van der Waals surface area contributed by atoms with E-state index < -0.39 is 0 Å². The van der Waals surface area contributed by atoms with Crippen LogP contribution in [0.2, 0.25) is 0 Å². The molecule has 0 atom stereocenters. The second kappa shape index (κ2) is 5.57. The minimum absolute atomic E-state index is 0.554. The fraction of sp³-hybridized carbons (Fsp3) is 0.211. The predicted molar refractivity (Wildman–Crippen MR) is 87.8 cm³/mol. The van der Waals surface area contributed by atoms with Crippen molar-refractivity contribution in [3.63, 3.8) is 0 Å². The number of nitrogens with zero attached hydrogens (tertiary/aromatic N) is 2. The number of aryl methyl sites for hydroxylation is 1. The van der Waals surface area contributed by atoms with Crippen molar-refractivity contribution >= 4 is 0 Å². The van der Waals surface area contributed by atoms with Crippen molar-refractivity contribution in [3.8, 4) is 17.1 Å². The topological polar surface area (TPSA) is 17.8 Å². The Kier molecular flexibility index (Phi) is 3.61. The third-order valence-corrected chi connectivity index (χ3v) is 3.75. The van der Waals surface area contributed by atoms with Crippen LogP contribution >= 0.6 is 0 Å². The molecule has 0 aliphatic heterocycles. The summed E-state index contributed by atoms with van der Waals surface area (Å²) in [7, 11) is 0. The molecular weight excluding hydrogens is 256 g/mol. The molecule has 0 aliphatic rings. The van der Waals surface area contributed by atoms with Gasteiger partial charge in [0.2, 0.25) is 0 Å². The summed E-state index contributed by atoms with van der Waals surface area (Å²) in [6, 6.07) is 17.2. The van der Waals surface area contributed by atoms with E-state index in [4.69, 9.17) is 0 Å². The Hall–Kier alpha value is -2.35. The van der Waals surface area contributed by atoms with Crippen LogP contribution in [0.3, 0.4) is 0 Å². The molecule has 2 heteroatoms. The highest BCUT2D eigenvalue weighted by molar-refractivity contribution is 5.59. The number of hydrogen-bond donors (Lipinski definition) is 0. The van der Waals surface area contributed by atoms with Crippen molar-refractivity contribution in [3.05, 3.63) is 72.1 Å². The first-order chi connectivity index (χ1) is 10.1. The molecule has 3 rings (SSSR count). The van der Waals surface area contributed by atoms with E-state index >= 15 is 0 Å². The lowest BCUT2D eigenvalue weighted by Crippen LogP contribution is -1.97. The van der Waals surface area contributed by atoms with Gasteiger partial charge in [-0.2, -0.15) is 0 Å². The molecule has 0 unspecified atom stereocenters. The van der Waals surface area contributed by atoms with E-state index in [2.05, 4.69) is 78.9 Å². The van der Waals surface area contributed by atoms with Gasteiger partial charge >= 0.3 is 0 Å². The van der Waals surface area contributed by atoms with Crippen LogP contribution in [-0.2, 0) is 0 Å². The smallest absolute Gasteiger partial charge is 0.144 e. The van der Waals surface area contributed by atoms with Gasteiger partial charge in [0, 0.05) is 23.6 Å². The van der Waals surface area contributed by atoms with Gasteiger partial charge in [0.25, 0.3) is 0 Å². The highest BCUT2D eigenvalue weighted by Gasteiger charge is 2.08. The largest absolute Gasteiger partial charge is 0.300 e. The van der Waals surface area contributed by atoms with Gasteiger partial charge in [-0.3, -0.25) is 4.57 Å². The Balaban J connectivity index is 2.02. The van der Waals surface area contributed by atoms with Gasteiger partial charge in [0.15, 0.2) is 0 Å². The third kappa shape index (κ3) is 2.75. The molecule has 0 N–H and O–H groups in total. The average Bonchev–Trinajstić information content (AvgIpc) is 2.97. The molecular formula is C19H20N2. The Bertz CT molecular complexity index is 736. The van der Waals surface area contributed by atoms with Crippen LogP contribution in [0, 0.1) is 6.92 Å².